The maximum absolute atomic E-state index is 12.4. The summed E-state index contributed by atoms with van der Waals surface area (Å²) < 4.78 is -0.484. The first-order chi connectivity index (χ1) is 10.1. The standard InChI is InChI=1S/C16H18Cl2N2O/c17-16(18)11-6-4-9-10(5-7-12(11)16)14(9)15(21)20-13-3-1-2-8-19-13/h1-3,8-12,14H,4-7H2,(H,19,20,21)/t9-,10-,11-,12+,14?/m0/s1. The van der Waals surface area contributed by atoms with Crippen LogP contribution in [0.25, 0.3) is 0 Å². The lowest BCUT2D eigenvalue weighted by atomic mass is 10.0. The van der Waals surface area contributed by atoms with Gasteiger partial charge in [-0.05, 0) is 61.5 Å². The number of carbonyl (C=O) groups is 1. The predicted octanol–water partition coefficient (Wildman–Crippen LogP) is 3.88. The fraction of sp³-hybridized carbons (Fsp3) is 0.625. The number of alkyl halides is 2. The summed E-state index contributed by atoms with van der Waals surface area (Å²) in [5.41, 5.74) is 0. The summed E-state index contributed by atoms with van der Waals surface area (Å²) in [6.07, 6.45) is 5.97. The van der Waals surface area contributed by atoms with Crippen LogP contribution in [0.4, 0.5) is 5.82 Å². The molecular weight excluding hydrogens is 307 g/mol. The molecule has 1 amide bonds. The van der Waals surface area contributed by atoms with Crippen molar-refractivity contribution in [1.82, 2.24) is 4.98 Å². The molecule has 4 rings (SSSR count). The number of fused-ring (bicyclic) bond motifs is 2. The van der Waals surface area contributed by atoms with Crippen LogP contribution in [-0.4, -0.2) is 15.2 Å². The number of carbonyl (C=O) groups excluding carboxylic acids is 1. The quantitative estimate of drug-likeness (QED) is 0.839. The molecule has 0 spiro atoms. The minimum absolute atomic E-state index is 0.127. The molecule has 1 N–H and O–H groups in total. The zero-order valence-electron chi connectivity index (χ0n) is 11.6. The highest BCUT2D eigenvalue weighted by Gasteiger charge is 2.65. The van der Waals surface area contributed by atoms with Crippen LogP contribution in [0.1, 0.15) is 25.7 Å². The summed E-state index contributed by atoms with van der Waals surface area (Å²) in [5, 5.41) is 2.94. The number of aromatic nitrogens is 1. The van der Waals surface area contributed by atoms with Crippen molar-refractivity contribution < 1.29 is 4.79 Å². The van der Waals surface area contributed by atoms with E-state index < -0.39 is 4.33 Å². The van der Waals surface area contributed by atoms with Crippen LogP contribution in [0.2, 0.25) is 0 Å². The molecule has 3 fully saturated rings. The van der Waals surface area contributed by atoms with E-state index in [0.717, 1.165) is 25.7 Å². The van der Waals surface area contributed by atoms with E-state index in [4.69, 9.17) is 23.2 Å². The smallest absolute Gasteiger partial charge is 0.229 e. The molecule has 1 unspecified atom stereocenters. The molecule has 0 saturated heterocycles. The Morgan fingerprint density at radius 1 is 1.14 bits per heavy atom. The lowest BCUT2D eigenvalue weighted by Gasteiger charge is -2.03. The zero-order chi connectivity index (χ0) is 14.6. The van der Waals surface area contributed by atoms with E-state index in [1.807, 2.05) is 18.2 Å². The maximum atomic E-state index is 12.4. The van der Waals surface area contributed by atoms with Crippen molar-refractivity contribution in [1.29, 1.82) is 0 Å². The van der Waals surface area contributed by atoms with Crippen molar-refractivity contribution in [3.63, 3.8) is 0 Å². The minimum atomic E-state index is -0.484. The van der Waals surface area contributed by atoms with Gasteiger partial charge in [-0.25, -0.2) is 4.98 Å². The van der Waals surface area contributed by atoms with Crippen molar-refractivity contribution >= 4 is 34.9 Å². The Morgan fingerprint density at radius 3 is 2.38 bits per heavy atom. The average molecular weight is 325 g/mol. The number of rotatable bonds is 2. The monoisotopic (exact) mass is 324 g/mol. The van der Waals surface area contributed by atoms with Crippen molar-refractivity contribution in [3.8, 4) is 0 Å². The van der Waals surface area contributed by atoms with Crippen molar-refractivity contribution in [2.75, 3.05) is 5.32 Å². The first-order valence-corrected chi connectivity index (χ1v) is 8.44. The summed E-state index contributed by atoms with van der Waals surface area (Å²) >= 11 is 12.6. The van der Waals surface area contributed by atoms with Crippen LogP contribution in [-0.2, 0) is 4.79 Å². The van der Waals surface area contributed by atoms with E-state index in [-0.39, 0.29) is 11.8 Å². The summed E-state index contributed by atoms with van der Waals surface area (Å²) in [4.78, 5) is 16.5. The van der Waals surface area contributed by atoms with E-state index in [1.54, 1.807) is 6.20 Å². The normalized spacial score (nSPS) is 39.2. The topological polar surface area (TPSA) is 42.0 Å². The second-order valence-corrected chi connectivity index (χ2v) is 8.04. The van der Waals surface area contributed by atoms with Gasteiger partial charge in [0.25, 0.3) is 0 Å². The second-order valence-electron chi connectivity index (χ2n) is 6.60. The largest absolute Gasteiger partial charge is 0.310 e. The van der Waals surface area contributed by atoms with E-state index >= 15 is 0 Å². The predicted molar refractivity (Wildman–Crippen MR) is 83.2 cm³/mol. The van der Waals surface area contributed by atoms with Gasteiger partial charge < -0.3 is 5.32 Å². The summed E-state index contributed by atoms with van der Waals surface area (Å²) in [5.74, 6) is 2.85. The number of nitrogens with one attached hydrogen (secondary N) is 1. The average Bonchev–Trinajstić information content (AvgIpc) is 3.24. The highest BCUT2D eigenvalue weighted by atomic mass is 35.5. The van der Waals surface area contributed by atoms with E-state index in [9.17, 15) is 4.79 Å². The van der Waals surface area contributed by atoms with Crippen LogP contribution in [0.3, 0.4) is 0 Å². The van der Waals surface area contributed by atoms with Gasteiger partial charge in [-0.3, -0.25) is 4.79 Å². The molecule has 1 aromatic heterocycles. The molecule has 3 aliphatic carbocycles. The van der Waals surface area contributed by atoms with Crippen LogP contribution in [0, 0.1) is 29.6 Å². The first-order valence-electron chi connectivity index (χ1n) is 7.68. The van der Waals surface area contributed by atoms with Crippen LogP contribution in [0.5, 0.6) is 0 Å². The second kappa shape index (κ2) is 4.85. The summed E-state index contributed by atoms with van der Waals surface area (Å²) in [6, 6.07) is 5.55. The number of nitrogens with zero attached hydrogens (tertiary/aromatic N) is 1. The number of hydrogen-bond donors (Lipinski definition) is 1. The molecule has 3 nitrogen and oxygen atoms in total. The van der Waals surface area contributed by atoms with Crippen LogP contribution in [0.15, 0.2) is 24.4 Å². The summed E-state index contributed by atoms with van der Waals surface area (Å²) in [7, 11) is 0. The third-order valence-corrected chi connectivity index (χ3v) is 6.66. The molecule has 112 valence electrons. The van der Waals surface area contributed by atoms with Crippen LogP contribution >= 0.6 is 23.2 Å². The van der Waals surface area contributed by atoms with Gasteiger partial charge in [0.05, 0.1) is 0 Å². The Kier molecular flexibility index (Phi) is 3.20. The molecule has 1 heterocycles. The fourth-order valence-electron chi connectivity index (χ4n) is 4.26. The molecule has 0 radical (unpaired) electrons. The Labute approximate surface area is 134 Å². The third-order valence-electron chi connectivity index (χ3n) is 5.54. The van der Waals surface area contributed by atoms with Gasteiger partial charge in [-0.15, -0.1) is 23.2 Å². The highest BCUT2D eigenvalue weighted by molar-refractivity contribution is 6.51. The molecule has 3 saturated carbocycles. The number of amides is 1. The Bertz CT molecular complexity index is 541. The molecule has 0 aliphatic heterocycles. The van der Waals surface area contributed by atoms with Gasteiger partial charge in [-0.1, -0.05) is 6.07 Å². The van der Waals surface area contributed by atoms with E-state index in [2.05, 4.69) is 10.3 Å². The number of anilines is 1. The lowest BCUT2D eigenvalue weighted by Crippen LogP contribution is -2.16. The summed E-state index contributed by atoms with van der Waals surface area (Å²) in [6.45, 7) is 0. The minimum Gasteiger partial charge on any atom is -0.310 e. The van der Waals surface area contributed by atoms with E-state index in [1.165, 1.54) is 0 Å². The Morgan fingerprint density at radius 2 is 1.81 bits per heavy atom. The van der Waals surface area contributed by atoms with Gasteiger partial charge >= 0.3 is 0 Å². The van der Waals surface area contributed by atoms with Gasteiger partial charge in [0.2, 0.25) is 5.91 Å². The van der Waals surface area contributed by atoms with Crippen molar-refractivity contribution in [2.45, 2.75) is 30.0 Å². The van der Waals surface area contributed by atoms with Crippen molar-refractivity contribution in [3.05, 3.63) is 24.4 Å². The molecule has 0 aromatic carbocycles. The molecule has 1 aromatic rings. The van der Waals surface area contributed by atoms with Gasteiger partial charge in [0.1, 0.15) is 10.2 Å². The van der Waals surface area contributed by atoms with E-state index in [0.29, 0.717) is 29.5 Å². The highest BCUT2D eigenvalue weighted by Crippen LogP contribution is 2.67. The van der Waals surface area contributed by atoms with Gasteiger partial charge in [0, 0.05) is 12.1 Å². The van der Waals surface area contributed by atoms with Crippen LogP contribution < -0.4 is 5.32 Å². The number of pyridine rings is 1. The Hall–Kier alpha value is -0.800. The molecule has 21 heavy (non-hydrogen) atoms. The molecule has 0 bridgehead atoms. The zero-order valence-corrected chi connectivity index (χ0v) is 13.1. The van der Waals surface area contributed by atoms with Crippen molar-refractivity contribution in [2.24, 2.45) is 29.6 Å². The SMILES string of the molecule is O=C(Nc1ccccn1)C1[C@H]2CC[C@@H]3[C@H](CC[C@H]12)C3(Cl)Cl. The number of hydrogen-bond acceptors (Lipinski definition) is 2. The molecule has 5 atom stereocenters. The Balaban J connectivity index is 1.38. The molecule has 5 heteroatoms. The first kappa shape index (κ1) is 13.8. The lowest BCUT2D eigenvalue weighted by molar-refractivity contribution is -0.117. The van der Waals surface area contributed by atoms with Gasteiger partial charge in [-0.2, -0.15) is 0 Å². The molecule has 3 aliphatic rings. The fourth-order valence-corrected chi connectivity index (χ4v) is 5.18. The third kappa shape index (κ3) is 2.35. The maximum Gasteiger partial charge on any atom is 0.229 e. The number of halogens is 2. The molecular formula is C16H18Cl2N2O. The van der Waals surface area contributed by atoms with Gasteiger partial charge in [0.15, 0.2) is 0 Å².